The summed E-state index contributed by atoms with van der Waals surface area (Å²) in [6, 6.07) is 8.53. The van der Waals surface area contributed by atoms with Crippen LogP contribution in [0, 0.1) is 11.8 Å². The molecule has 2 aliphatic carbocycles. The molecule has 0 N–H and O–H groups in total. The molecule has 0 aromatic heterocycles. The molecule has 1 aromatic rings. The largest absolute Gasteiger partial charge is 0.497 e. The molecule has 2 heteroatoms. The second kappa shape index (κ2) is 5.99. The first kappa shape index (κ1) is 13.7. The van der Waals surface area contributed by atoms with Gasteiger partial charge in [-0.25, -0.2) is 0 Å². The smallest absolute Gasteiger partial charge is 0.133 e. The van der Waals surface area contributed by atoms with E-state index in [-0.39, 0.29) is 0 Å². The lowest BCUT2D eigenvalue weighted by molar-refractivity contribution is -0.120. The third kappa shape index (κ3) is 3.05. The Labute approximate surface area is 121 Å². The zero-order chi connectivity index (χ0) is 13.9. The van der Waals surface area contributed by atoms with Crippen molar-refractivity contribution in [2.45, 2.75) is 50.9 Å². The van der Waals surface area contributed by atoms with Crippen LogP contribution < -0.4 is 4.74 Å². The molecule has 3 rings (SSSR count). The van der Waals surface area contributed by atoms with Gasteiger partial charge < -0.3 is 4.74 Å². The van der Waals surface area contributed by atoms with E-state index in [2.05, 4.69) is 24.3 Å². The van der Waals surface area contributed by atoms with Crippen LogP contribution in [0.1, 0.15) is 56.4 Å². The Morgan fingerprint density at radius 2 is 1.60 bits per heavy atom. The number of hydrogen-bond acceptors (Lipinski definition) is 2. The van der Waals surface area contributed by atoms with Gasteiger partial charge >= 0.3 is 0 Å². The third-order valence-electron chi connectivity index (χ3n) is 5.14. The molecule has 0 heterocycles. The van der Waals surface area contributed by atoms with E-state index in [1.54, 1.807) is 7.11 Å². The summed E-state index contributed by atoms with van der Waals surface area (Å²) in [4.78, 5) is 12.0. The van der Waals surface area contributed by atoms with Gasteiger partial charge in [-0.1, -0.05) is 12.1 Å². The van der Waals surface area contributed by atoms with Crippen LogP contribution in [0.3, 0.4) is 0 Å². The third-order valence-corrected chi connectivity index (χ3v) is 5.14. The molecule has 2 bridgehead atoms. The second-order valence-corrected chi connectivity index (χ2v) is 6.54. The van der Waals surface area contributed by atoms with Crippen LogP contribution in [0.4, 0.5) is 0 Å². The Morgan fingerprint density at radius 1 is 0.950 bits per heavy atom. The molecular weight excluding hydrogens is 248 g/mol. The molecule has 20 heavy (non-hydrogen) atoms. The van der Waals surface area contributed by atoms with Crippen molar-refractivity contribution < 1.29 is 9.53 Å². The summed E-state index contributed by atoms with van der Waals surface area (Å²) < 4.78 is 5.24. The number of ether oxygens (including phenoxy) is 1. The quantitative estimate of drug-likeness (QED) is 0.800. The van der Waals surface area contributed by atoms with Crippen molar-refractivity contribution in [1.82, 2.24) is 0 Å². The Kier molecular flexibility index (Phi) is 4.09. The summed E-state index contributed by atoms with van der Waals surface area (Å²) in [5.41, 5.74) is 1.42. The van der Waals surface area contributed by atoms with E-state index < -0.39 is 0 Å². The predicted octanol–water partition coefficient (Wildman–Crippen LogP) is 4.34. The average Bonchev–Trinajstić information content (AvgIpc) is 2.58. The SMILES string of the molecule is COc1ccc(C2CCC3CCC(CC(=O)C3)C2)cc1. The minimum absolute atomic E-state index is 0.507. The highest BCUT2D eigenvalue weighted by molar-refractivity contribution is 5.79. The number of methoxy groups -OCH3 is 1. The van der Waals surface area contributed by atoms with E-state index in [0.29, 0.717) is 23.5 Å². The number of rotatable bonds is 2. The molecule has 2 nitrogen and oxygen atoms in total. The van der Waals surface area contributed by atoms with Crippen molar-refractivity contribution in [2.75, 3.05) is 7.11 Å². The normalized spacial score (nSPS) is 30.4. The molecule has 1 aromatic carbocycles. The molecule has 3 atom stereocenters. The first-order valence-corrected chi connectivity index (χ1v) is 7.90. The molecular formula is C18H24O2. The van der Waals surface area contributed by atoms with E-state index in [1.807, 2.05) is 0 Å². The maximum atomic E-state index is 12.0. The highest BCUT2D eigenvalue weighted by atomic mass is 16.5. The van der Waals surface area contributed by atoms with Crippen LogP contribution in [0.25, 0.3) is 0 Å². The number of carbonyl (C=O) groups is 1. The van der Waals surface area contributed by atoms with E-state index in [9.17, 15) is 4.79 Å². The minimum atomic E-state index is 0.507. The van der Waals surface area contributed by atoms with Gasteiger partial charge in [0.25, 0.3) is 0 Å². The molecule has 0 amide bonds. The van der Waals surface area contributed by atoms with E-state index in [0.717, 1.165) is 18.6 Å². The van der Waals surface area contributed by atoms with Gasteiger partial charge in [0.05, 0.1) is 7.11 Å². The number of carbonyl (C=O) groups excluding carboxylic acids is 1. The molecule has 0 aliphatic heterocycles. The number of fused-ring (bicyclic) bond motifs is 3. The summed E-state index contributed by atoms with van der Waals surface area (Å²) in [6.45, 7) is 0. The van der Waals surface area contributed by atoms with Gasteiger partial charge in [-0.05, 0) is 67.6 Å². The molecule has 108 valence electrons. The lowest BCUT2D eigenvalue weighted by atomic mass is 9.78. The van der Waals surface area contributed by atoms with Crippen LogP contribution in [-0.2, 0) is 4.79 Å². The van der Waals surface area contributed by atoms with Crippen molar-refractivity contribution in [2.24, 2.45) is 11.8 Å². The fraction of sp³-hybridized carbons (Fsp3) is 0.611. The van der Waals surface area contributed by atoms with Gasteiger partial charge in [0.1, 0.15) is 11.5 Å². The zero-order valence-electron chi connectivity index (χ0n) is 12.3. The van der Waals surface area contributed by atoms with Crippen molar-refractivity contribution in [3.8, 4) is 5.75 Å². The zero-order valence-corrected chi connectivity index (χ0v) is 12.3. The average molecular weight is 272 g/mol. The lowest BCUT2D eigenvalue weighted by Crippen LogP contribution is -2.12. The van der Waals surface area contributed by atoms with Crippen molar-refractivity contribution in [3.63, 3.8) is 0 Å². The van der Waals surface area contributed by atoms with Crippen LogP contribution >= 0.6 is 0 Å². The van der Waals surface area contributed by atoms with E-state index in [1.165, 1.54) is 37.7 Å². The molecule has 0 radical (unpaired) electrons. The van der Waals surface area contributed by atoms with Gasteiger partial charge in [-0.15, -0.1) is 0 Å². The van der Waals surface area contributed by atoms with Gasteiger partial charge in [0.15, 0.2) is 0 Å². The van der Waals surface area contributed by atoms with Crippen LogP contribution in [0.5, 0.6) is 5.75 Å². The van der Waals surface area contributed by atoms with Crippen LogP contribution in [-0.4, -0.2) is 12.9 Å². The maximum absolute atomic E-state index is 12.0. The molecule has 2 aliphatic rings. The number of benzene rings is 1. The first-order chi connectivity index (χ1) is 9.74. The minimum Gasteiger partial charge on any atom is -0.497 e. The Hall–Kier alpha value is -1.31. The molecule has 2 saturated carbocycles. The standard InChI is InChI=1S/C18H24O2/c1-20-18-8-6-15(7-9-18)16-5-4-13-2-3-14(10-16)12-17(19)11-13/h6-9,13-14,16H,2-5,10-12H2,1H3. The maximum Gasteiger partial charge on any atom is 0.133 e. The molecule has 2 fully saturated rings. The second-order valence-electron chi connectivity index (χ2n) is 6.54. The van der Waals surface area contributed by atoms with E-state index >= 15 is 0 Å². The van der Waals surface area contributed by atoms with Crippen LogP contribution in [0.2, 0.25) is 0 Å². The molecule has 3 unspecified atom stereocenters. The van der Waals surface area contributed by atoms with Gasteiger partial charge in [-0.3, -0.25) is 4.79 Å². The lowest BCUT2D eigenvalue weighted by Gasteiger charge is -2.26. The Morgan fingerprint density at radius 3 is 2.35 bits per heavy atom. The van der Waals surface area contributed by atoms with Crippen molar-refractivity contribution in [3.05, 3.63) is 29.8 Å². The van der Waals surface area contributed by atoms with Crippen LogP contribution in [0.15, 0.2) is 24.3 Å². The summed E-state index contributed by atoms with van der Waals surface area (Å²) in [6.07, 6.45) is 7.82. The Bertz CT molecular complexity index is 463. The Balaban J connectivity index is 1.77. The monoisotopic (exact) mass is 272 g/mol. The molecule has 0 saturated heterocycles. The van der Waals surface area contributed by atoms with Crippen molar-refractivity contribution in [1.29, 1.82) is 0 Å². The van der Waals surface area contributed by atoms with E-state index in [4.69, 9.17) is 4.74 Å². The highest BCUT2D eigenvalue weighted by Gasteiger charge is 2.30. The molecule has 0 spiro atoms. The fourth-order valence-electron chi connectivity index (χ4n) is 3.99. The van der Waals surface area contributed by atoms with Gasteiger partial charge in [0.2, 0.25) is 0 Å². The summed E-state index contributed by atoms with van der Waals surface area (Å²) in [7, 11) is 1.71. The highest BCUT2D eigenvalue weighted by Crippen LogP contribution is 2.41. The first-order valence-electron chi connectivity index (χ1n) is 7.90. The van der Waals surface area contributed by atoms with Gasteiger partial charge in [0, 0.05) is 12.8 Å². The summed E-state index contributed by atoms with van der Waals surface area (Å²) >= 11 is 0. The fourth-order valence-corrected chi connectivity index (χ4v) is 3.99. The number of hydrogen-bond donors (Lipinski definition) is 0. The summed E-state index contributed by atoms with van der Waals surface area (Å²) in [5.74, 6) is 3.31. The summed E-state index contributed by atoms with van der Waals surface area (Å²) in [5, 5.41) is 0. The van der Waals surface area contributed by atoms with Gasteiger partial charge in [-0.2, -0.15) is 0 Å². The topological polar surface area (TPSA) is 26.3 Å². The van der Waals surface area contributed by atoms with Crippen molar-refractivity contribution >= 4 is 5.78 Å². The predicted molar refractivity (Wildman–Crippen MR) is 80.0 cm³/mol. The number of Topliss-reactive ketones (excluding diaryl/α,β-unsaturated/α-hetero) is 1. The number of ketones is 1.